The van der Waals surface area contributed by atoms with E-state index in [-0.39, 0.29) is 11.0 Å². The second-order valence-corrected chi connectivity index (χ2v) is 9.00. The molecule has 0 saturated heterocycles. The third-order valence-corrected chi connectivity index (χ3v) is 5.21. The van der Waals surface area contributed by atoms with Crippen LogP contribution in [0.1, 0.15) is 61.0 Å². The molecule has 0 bridgehead atoms. The molecule has 5 nitrogen and oxygen atoms in total. The smallest absolute Gasteiger partial charge is 0.339 e. The summed E-state index contributed by atoms with van der Waals surface area (Å²) in [6, 6.07) is 7.91. The van der Waals surface area contributed by atoms with E-state index in [0.717, 1.165) is 40.6 Å². The van der Waals surface area contributed by atoms with Crippen LogP contribution in [-0.2, 0) is 7.05 Å². The first-order valence-electron chi connectivity index (χ1n) is 10.00. The Kier molecular flexibility index (Phi) is 4.69. The summed E-state index contributed by atoms with van der Waals surface area (Å²) < 4.78 is 2.10. The van der Waals surface area contributed by atoms with Crippen molar-refractivity contribution in [2.75, 3.05) is 5.32 Å². The second kappa shape index (κ2) is 7.07. The van der Waals surface area contributed by atoms with Crippen LogP contribution in [0.15, 0.2) is 42.7 Å². The highest BCUT2D eigenvalue weighted by molar-refractivity contribution is 5.96. The molecule has 2 N–H and O–H groups in total. The Labute approximate surface area is 171 Å². The third kappa shape index (κ3) is 4.19. The van der Waals surface area contributed by atoms with E-state index in [1.165, 1.54) is 0 Å². The highest BCUT2D eigenvalue weighted by atomic mass is 16.4. The Balaban J connectivity index is 1.75. The molecule has 2 aromatic heterocycles. The zero-order valence-electron chi connectivity index (χ0n) is 17.4. The van der Waals surface area contributed by atoms with Crippen molar-refractivity contribution in [2.24, 2.45) is 12.5 Å². The summed E-state index contributed by atoms with van der Waals surface area (Å²) in [4.78, 5) is 16.2. The van der Waals surface area contributed by atoms with Crippen molar-refractivity contribution in [1.82, 2.24) is 9.55 Å². The number of fused-ring (bicyclic) bond motifs is 1. The normalized spacial score (nSPS) is 14.6. The van der Waals surface area contributed by atoms with E-state index in [9.17, 15) is 9.90 Å². The van der Waals surface area contributed by atoms with E-state index in [1.54, 1.807) is 12.3 Å². The van der Waals surface area contributed by atoms with Crippen LogP contribution < -0.4 is 5.32 Å². The van der Waals surface area contributed by atoms with Gasteiger partial charge in [-0.25, -0.2) is 9.78 Å². The molecule has 0 radical (unpaired) electrons. The number of nitrogens with zero attached hydrogens (tertiary/aromatic N) is 2. The number of aromatic carboxylic acids is 1. The first-order valence-corrected chi connectivity index (χ1v) is 10.00. The van der Waals surface area contributed by atoms with Crippen LogP contribution >= 0.6 is 0 Å². The number of carboxylic acid groups (broad SMARTS) is 1. The van der Waals surface area contributed by atoms with Crippen molar-refractivity contribution in [3.05, 3.63) is 59.4 Å². The highest BCUT2D eigenvalue weighted by Gasteiger charge is 2.26. The van der Waals surface area contributed by atoms with Crippen molar-refractivity contribution in [3.8, 4) is 0 Å². The van der Waals surface area contributed by atoms with Gasteiger partial charge in [0.05, 0.1) is 5.52 Å². The number of aryl methyl sites for hydroxylation is 1. The summed E-state index contributed by atoms with van der Waals surface area (Å²) in [6.07, 6.45) is 10.4. The predicted octanol–water partition coefficient (Wildman–Crippen LogP) is 5.95. The average molecular weight is 389 g/mol. The van der Waals surface area contributed by atoms with E-state index in [2.05, 4.69) is 53.9 Å². The van der Waals surface area contributed by atoms with Crippen LogP contribution in [0.5, 0.6) is 0 Å². The Morgan fingerprint density at radius 2 is 2.03 bits per heavy atom. The number of benzene rings is 1. The maximum absolute atomic E-state index is 11.8. The Bertz CT molecular complexity index is 1120. The Hall–Kier alpha value is -3.08. The fourth-order valence-corrected chi connectivity index (χ4v) is 3.54. The van der Waals surface area contributed by atoms with Gasteiger partial charge in [-0.3, -0.25) is 0 Å². The minimum Gasteiger partial charge on any atom is -0.478 e. The van der Waals surface area contributed by atoms with Crippen LogP contribution in [0.4, 0.5) is 11.5 Å². The molecule has 29 heavy (non-hydrogen) atoms. The number of carboxylic acids is 1. The van der Waals surface area contributed by atoms with Crippen LogP contribution in [0, 0.1) is 5.41 Å². The summed E-state index contributed by atoms with van der Waals surface area (Å²) in [6.45, 7) is 6.49. The number of rotatable bonds is 5. The average Bonchev–Trinajstić information content (AvgIpc) is 3.43. The van der Waals surface area contributed by atoms with Gasteiger partial charge in [0.15, 0.2) is 0 Å². The van der Waals surface area contributed by atoms with Gasteiger partial charge in [-0.2, -0.15) is 0 Å². The number of allylic oxidation sites excluding steroid dienone is 1. The molecular weight excluding hydrogens is 362 g/mol. The molecule has 0 amide bonds. The number of hydrogen-bond acceptors (Lipinski definition) is 3. The first kappa shape index (κ1) is 19.2. The van der Waals surface area contributed by atoms with Gasteiger partial charge in [-0.1, -0.05) is 32.9 Å². The standard InChI is InChI=1S/C24H27N3O2/c1-24(2,3)9-7-16-11-19(12-17-8-10-27(4)21(16)17)26-22-20(23(28)29)13-18(14-25-22)15-5-6-15/h7-15H,5-6H2,1-4H3,(H,25,26)(H,28,29). The number of aromatic nitrogens is 2. The molecular formula is C24H27N3O2. The fraction of sp³-hybridized carbons (Fsp3) is 0.333. The van der Waals surface area contributed by atoms with Crippen molar-refractivity contribution >= 4 is 34.5 Å². The molecule has 0 atom stereocenters. The molecule has 2 heterocycles. The lowest BCUT2D eigenvalue weighted by atomic mass is 9.95. The Morgan fingerprint density at radius 1 is 1.28 bits per heavy atom. The SMILES string of the molecule is Cn1ccc2cc(Nc3ncc(C4CC4)cc3C(=O)O)cc(C=CC(C)(C)C)c21. The number of carbonyl (C=O) groups is 1. The monoisotopic (exact) mass is 389 g/mol. The molecule has 3 aromatic rings. The summed E-state index contributed by atoms with van der Waals surface area (Å²) in [5.41, 5.74) is 4.35. The molecule has 150 valence electrons. The zero-order valence-corrected chi connectivity index (χ0v) is 17.4. The highest BCUT2D eigenvalue weighted by Crippen LogP contribution is 2.40. The van der Waals surface area contributed by atoms with Crippen molar-refractivity contribution < 1.29 is 9.90 Å². The molecule has 1 aliphatic rings. The van der Waals surface area contributed by atoms with Gasteiger partial charge in [0.25, 0.3) is 0 Å². The van der Waals surface area contributed by atoms with Crippen LogP contribution in [0.3, 0.4) is 0 Å². The molecule has 1 aromatic carbocycles. The van der Waals surface area contributed by atoms with E-state index < -0.39 is 5.97 Å². The van der Waals surface area contributed by atoms with E-state index >= 15 is 0 Å². The third-order valence-electron chi connectivity index (χ3n) is 5.21. The lowest BCUT2D eigenvalue weighted by Gasteiger charge is -2.14. The fourth-order valence-electron chi connectivity index (χ4n) is 3.54. The molecule has 0 aliphatic heterocycles. The van der Waals surface area contributed by atoms with Gasteiger partial charge in [0, 0.05) is 36.1 Å². The molecule has 4 rings (SSSR count). The second-order valence-electron chi connectivity index (χ2n) is 9.00. The maximum Gasteiger partial charge on any atom is 0.339 e. The number of anilines is 2. The molecule has 5 heteroatoms. The van der Waals surface area contributed by atoms with Crippen molar-refractivity contribution in [1.29, 1.82) is 0 Å². The lowest BCUT2D eigenvalue weighted by Crippen LogP contribution is -2.06. The topological polar surface area (TPSA) is 67.2 Å². The van der Waals surface area contributed by atoms with Gasteiger partial charge in [-0.15, -0.1) is 0 Å². The zero-order chi connectivity index (χ0) is 20.8. The van der Waals surface area contributed by atoms with Gasteiger partial charge in [0.2, 0.25) is 0 Å². The molecule has 1 aliphatic carbocycles. The van der Waals surface area contributed by atoms with Gasteiger partial charge < -0.3 is 15.0 Å². The summed E-state index contributed by atoms with van der Waals surface area (Å²) >= 11 is 0. The number of nitrogens with one attached hydrogen (secondary N) is 1. The minimum atomic E-state index is -0.962. The molecule has 1 fully saturated rings. The molecule has 0 spiro atoms. The number of pyridine rings is 1. The van der Waals surface area contributed by atoms with Gasteiger partial charge in [-0.05, 0) is 54.0 Å². The number of hydrogen-bond donors (Lipinski definition) is 2. The van der Waals surface area contributed by atoms with Crippen molar-refractivity contribution in [2.45, 2.75) is 39.5 Å². The van der Waals surface area contributed by atoms with E-state index in [4.69, 9.17) is 0 Å². The Morgan fingerprint density at radius 3 is 2.69 bits per heavy atom. The summed E-state index contributed by atoms with van der Waals surface area (Å²) in [7, 11) is 2.03. The quantitative estimate of drug-likeness (QED) is 0.566. The lowest BCUT2D eigenvalue weighted by molar-refractivity contribution is 0.0697. The van der Waals surface area contributed by atoms with Gasteiger partial charge in [0.1, 0.15) is 11.4 Å². The molecule has 0 unspecified atom stereocenters. The van der Waals surface area contributed by atoms with Crippen LogP contribution in [0.25, 0.3) is 17.0 Å². The van der Waals surface area contributed by atoms with E-state index in [1.807, 2.05) is 25.4 Å². The van der Waals surface area contributed by atoms with Crippen molar-refractivity contribution in [3.63, 3.8) is 0 Å². The van der Waals surface area contributed by atoms with Crippen LogP contribution in [0.2, 0.25) is 0 Å². The minimum absolute atomic E-state index is 0.0671. The summed E-state index contributed by atoms with van der Waals surface area (Å²) in [5, 5.41) is 14.0. The molecule has 1 saturated carbocycles. The predicted molar refractivity (Wildman–Crippen MR) is 118 cm³/mol. The summed E-state index contributed by atoms with van der Waals surface area (Å²) in [5.74, 6) is -0.122. The van der Waals surface area contributed by atoms with Gasteiger partial charge >= 0.3 is 5.97 Å². The largest absolute Gasteiger partial charge is 0.478 e. The first-order chi connectivity index (χ1) is 13.7. The maximum atomic E-state index is 11.8. The van der Waals surface area contributed by atoms with E-state index in [0.29, 0.717) is 11.7 Å². The van der Waals surface area contributed by atoms with Crippen LogP contribution in [-0.4, -0.2) is 20.6 Å².